The van der Waals surface area contributed by atoms with E-state index >= 15 is 0 Å². The fraction of sp³-hybridized carbons (Fsp3) is 0.357. The molecule has 3 rings (SSSR count). The highest BCUT2D eigenvalue weighted by molar-refractivity contribution is 6.02. The number of amides is 1. The number of allylic oxidation sites excluding steroid dienone is 1. The SMILES string of the molecule is O=C(NCC1=CCCCC1)c1onc2ncccc12. The maximum Gasteiger partial charge on any atom is 0.290 e. The number of nitrogens with one attached hydrogen (secondary N) is 1. The molecule has 2 heterocycles. The number of fused-ring (bicyclic) bond motifs is 1. The number of carbonyl (C=O) groups excluding carboxylic acids is 1. The fourth-order valence-corrected chi connectivity index (χ4v) is 2.29. The van der Waals surface area contributed by atoms with Crippen LogP contribution in [0.5, 0.6) is 0 Å². The molecule has 19 heavy (non-hydrogen) atoms. The molecule has 98 valence electrons. The molecule has 0 radical (unpaired) electrons. The molecule has 0 unspecified atom stereocenters. The number of hydrogen-bond donors (Lipinski definition) is 1. The molecule has 1 amide bonds. The number of hydrogen-bond acceptors (Lipinski definition) is 4. The number of nitrogens with zero attached hydrogens (tertiary/aromatic N) is 2. The number of aromatic nitrogens is 2. The summed E-state index contributed by atoms with van der Waals surface area (Å²) in [6, 6.07) is 3.55. The molecule has 0 saturated heterocycles. The van der Waals surface area contributed by atoms with Gasteiger partial charge in [0.25, 0.3) is 5.91 Å². The van der Waals surface area contributed by atoms with Crippen molar-refractivity contribution < 1.29 is 9.32 Å². The highest BCUT2D eigenvalue weighted by atomic mass is 16.5. The molecule has 2 aromatic heterocycles. The molecule has 0 aliphatic heterocycles. The van der Waals surface area contributed by atoms with Crippen molar-refractivity contribution in [2.24, 2.45) is 0 Å². The second kappa shape index (κ2) is 5.22. The van der Waals surface area contributed by atoms with Crippen molar-refractivity contribution in [1.29, 1.82) is 0 Å². The molecule has 1 aliphatic rings. The number of rotatable bonds is 3. The van der Waals surface area contributed by atoms with Crippen molar-refractivity contribution in [2.45, 2.75) is 25.7 Å². The zero-order chi connectivity index (χ0) is 13.1. The minimum absolute atomic E-state index is 0.234. The first-order chi connectivity index (χ1) is 9.34. The molecule has 0 saturated carbocycles. The van der Waals surface area contributed by atoms with E-state index in [1.807, 2.05) is 0 Å². The molecule has 5 nitrogen and oxygen atoms in total. The highest BCUT2D eigenvalue weighted by Crippen LogP contribution is 2.18. The van der Waals surface area contributed by atoms with Crippen LogP contribution >= 0.6 is 0 Å². The maximum absolute atomic E-state index is 12.1. The molecule has 0 atom stereocenters. The van der Waals surface area contributed by atoms with E-state index in [4.69, 9.17) is 4.52 Å². The van der Waals surface area contributed by atoms with Crippen LogP contribution in [0, 0.1) is 0 Å². The lowest BCUT2D eigenvalue weighted by Crippen LogP contribution is -2.25. The van der Waals surface area contributed by atoms with E-state index in [-0.39, 0.29) is 11.7 Å². The van der Waals surface area contributed by atoms with Crippen LogP contribution < -0.4 is 5.32 Å². The van der Waals surface area contributed by atoms with E-state index in [9.17, 15) is 4.79 Å². The lowest BCUT2D eigenvalue weighted by Gasteiger charge is -2.12. The van der Waals surface area contributed by atoms with Crippen LogP contribution in [0.25, 0.3) is 11.0 Å². The summed E-state index contributed by atoms with van der Waals surface area (Å²) in [5.41, 5.74) is 1.76. The summed E-state index contributed by atoms with van der Waals surface area (Å²) in [5, 5.41) is 7.30. The summed E-state index contributed by atoms with van der Waals surface area (Å²) in [6.45, 7) is 0.585. The van der Waals surface area contributed by atoms with E-state index in [1.165, 1.54) is 18.4 Å². The van der Waals surface area contributed by atoms with Crippen molar-refractivity contribution in [1.82, 2.24) is 15.5 Å². The minimum atomic E-state index is -0.234. The molecule has 1 N–H and O–H groups in total. The quantitative estimate of drug-likeness (QED) is 0.857. The first kappa shape index (κ1) is 11.9. The van der Waals surface area contributed by atoms with E-state index in [1.54, 1.807) is 18.3 Å². The van der Waals surface area contributed by atoms with Gasteiger partial charge in [0.1, 0.15) is 0 Å². The van der Waals surface area contributed by atoms with Crippen molar-refractivity contribution >= 4 is 16.9 Å². The average Bonchev–Trinajstić information content (AvgIpc) is 2.90. The van der Waals surface area contributed by atoms with Crippen LogP contribution in [-0.4, -0.2) is 22.6 Å². The molecular weight excluding hydrogens is 242 g/mol. The summed E-state index contributed by atoms with van der Waals surface area (Å²) in [7, 11) is 0. The summed E-state index contributed by atoms with van der Waals surface area (Å²) in [5.74, 6) is 0.00137. The first-order valence-corrected chi connectivity index (χ1v) is 6.51. The standard InChI is InChI=1S/C14H15N3O2/c18-14(16-9-10-5-2-1-3-6-10)12-11-7-4-8-15-13(11)17-19-12/h4-5,7-8H,1-3,6,9H2,(H,16,18). The Kier molecular flexibility index (Phi) is 3.27. The van der Waals surface area contributed by atoms with Gasteiger partial charge in [-0.2, -0.15) is 0 Å². The van der Waals surface area contributed by atoms with Crippen molar-refractivity contribution in [3.8, 4) is 0 Å². The van der Waals surface area contributed by atoms with Gasteiger partial charge >= 0.3 is 0 Å². The van der Waals surface area contributed by atoms with Crippen LogP contribution in [0.3, 0.4) is 0 Å². The molecule has 0 fully saturated rings. The number of carbonyl (C=O) groups is 1. The van der Waals surface area contributed by atoms with Gasteiger partial charge in [-0.3, -0.25) is 4.79 Å². The zero-order valence-corrected chi connectivity index (χ0v) is 10.6. The molecule has 0 bridgehead atoms. The third kappa shape index (κ3) is 2.50. The van der Waals surface area contributed by atoms with E-state index in [0.29, 0.717) is 17.6 Å². The number of pyridine rings is 1. The maximum atomic E-state index is 12.1. The third-order valence-corrected chi connectivity index (χ3v) is 3.32. The van der Waals surface area contributed by atoms with E-state index in [2.05, 4.69) is 21.5 Å². The van der Waals surface area contributed by atoms with Crippen molar-refractivity contribution in [2.75, 3.05) is 6.54 Å². The van der Waals surface area contributed by atoms with Gasteiger partial charge in [-0.1, -0.05) is 16.8 Å². The third-order valence-electron chi connectivity index (χ3n) is 3.32. The largest absolute Gasteiger partial charge is 0.348 e. The van der Waals surface area contributed by atoms with Crippen LogP contribution in [0.4, 0.5) is 0 Å². The van der Waals surface area contributed by atoms with Crippen LogP contribution in [0.1, 0.15) is 36.2 Å². The Bertz CT molecular complexity index is 630. The van der Waals surface area contributed by atoms with Crippen LogP contribution in [-0.2, 0) is 0 Å². The van der Waals surface area contributed by atoms with Gasteiger partial charge in [0.15, 0.2) is 0 Å². The smallest absolute Gasteiger partial charge is 0.290 e. The summed E-state index contributed by atoms with van der Waals surface area (Å²) in [4.78, 5) is 16.1. The summed E-state index contributed by atoms with van der Waals surface area (Å²) < 4.78 is 5.07. The molecule has 5 heteroatoms. The van der Waals surface area contributed by atoms with Crippen LogP contribution in [0.2, 0.25) is 0 Å². The first-order valence-electron chi connectivity index (χ1n) is 6.51. The van der Waals surface area contributed by atoms with Crippen molar-refractivity contribution in [3.05, 3.63) is 35.7 Å². The summed E-state index contributed by atoms with van der Waals surface area (Å²) in [6.07, 6.45) is 8.47. The lowest BCUT2D eigenvalue weighted by atomic mass is 10.00. The van der Waals surface area contributed by atoms with Crippen LogP contribution in [0.15, 0.2) is 34.5 Å². The Morgan fingerprint density at radius 2 is 2.37 bits per heavy atom. The molecule has 1 aliphatic carbocycles. The monoisotopic (exact) mass is 257 g/mol. The van der Waals surface area contributed by atoms with Gasteiger partial charge in [0.2, 0.25) is 11.4 Å². The molecular formula is C14H15N3O2. The van der Waals surface area contributed by atoms with Gasteiger partial charge in [-0.25, -0.2) is 4.98 Å². The van der Waals surface area contributed by atoms with E-state index in [0.717, 1.165) is 12.8 Å². The van der Waals surface area contributed by atoms with Gasteiger partial charge in [-0.05, 0) is 37.8 Å². The molecule has 2 aromatic rings. The highest BCUT2D eigenvalue weighted by Gasteiger charge is 2.17. The predicted octanol–water partition coefficient (Wildman–Crippen LogP) is 2.45. The second-order valence-corrected chi connectivity index (χ2v) is 4.68. The summed E-state index contributed by atoms with van der Waals surface area (Å²) >= 11 is 0. The Hall–Kier alpha value is -2.17. The minimum Gasteiger partial charge on any atom is -0.348 e. The molecule has 0 spiro atoms. The fourth-order valence-electron chi connectivity index (χ4n) is 2.29. The van der Waals surface area contributed by atoms with Gasteiger partial charge < -0.3 is 9.84 Å². The molecule has 0 aromatic carbocycles. The zero-order valence-electron chi connectivity index (χ0n) is 10.6. The second-order valence-electron chi connectivity index (χ2n) is 4.68. The predicted molar refractivity (Wildman–Crippen MR) is 70.7 cm³/mol. The average molecular weight is 257 g/mol. The lowest BCUT2D eigenvalue weighted by molar-refractivity contribution is 0.0922. The van der Waals surface area contributed by atoms with Crippen molar-refractivity contribution in [3.63, 3.8) is 0 Å². The Balaban J connectivity index is 1.71. The van der Waals surface area contributed by atoms with E-state index < -0.39 is 0 Å². The van der Waals surface area contributed by atoms with Gasteiger partial charge in [-0.15, -0.1) is 0 Å². The van der Waals surface area contributed by atoms with Gasteiger partial charge in [0, 0.05) is 12.7 Å². The Morgan fingerprint density at radius 1 is 1.42 bits per heavy atom. The Labute approximate surface area is 110 Å². The Morgan fingerprint density at radius 3 is 3.21 bits per heavy atom. The topological polar surface area (TPSA) is 68.0 Å². The normalized spacial score (nSPS) is 15.3. The van der Waals surface area contributed by atoms with Gasteiger partial charge in [0.05, 0.1) is 5.39 Å².